The summed E-state index contributed by atoms with van der Waals surface area (Å²) in [6.07, 6.45) is 0. The highest BCUT2D eigenvalue weighted by molar-refractivity contribution is 5.38. The molecule has 2 heterocycles. The SMILES string of the molecule is OCC1c2ccccc2C2CN(Cc3ccccc3)CCN12. The molecule has 22 heavy (non-hydrogen) atoms. The average Bonchev–Trinajstić information content (AvgIpc) is 2.89. The van der Waals surface area contributed by atoms with E-state index in [-0.39, 0.29) is 12.6 Å². The minimum Gasteiger partial charge on any atom is -0.394 e. The van der Waals surface area contributed by atoms with Gasteiger partial charge in [0.25, 0.3) is 0 Å². The van der Waals surface area contributed by atoms with Crippen LogP contribution in [0.2, 0.25) is 0 Å². The van der Waals surface area contributed by atoms with Crippen molar-refractivity contribution < 1.29 is 5.11 Å². The fourth-order valence-corrected chi connectivity index (χ4v) is 3.99. The van der Waals surface area contributed by atoms with Gasteiger partial charge in [-0.2, -0.15) is 0 Å². The lowest BCUT2D eigenvalue weighted by Gasteiger charge is -2.40. The summed E-state index contributed by atoms with van der Waals surface area (Å²) in [4.78, 5) is 5.01. The number of aliphatic hydroxyl groups is 1. The molecular formula is C19H22N2O. The molecule has 0 spiro atoms. The average molecular weight is 294 g/mol. The topological polar surface area (TPSA) is 26.7 Å². The first-order valence-electron chi connectivity index (χ1n) is 8.08. The zero-order valence-electron chi connectivity index (χ0n) is 12.7. The molecule has 1 saturated heterocycles. The fourth-order valence-electron chi connectivity index (χ4n) is 3.99. The quantitative estimate of drug-likeness (QED) is 0.942. The van der Waals surface area contributed by atoms with E-state index in [0.29, 0.717) is 6.04 Å². The molecule has 2 aliphatic heterocycles. The number of piperazine rings is 1. The van der Waals surface area contributed by atoms with Gasteiger partial charge < -0.3 is 5.11 Å². The Morgan fingerprint density at radius 3 is 2.41 bits per heavy atom. The van der Waals surface area contributed by atoms with Crippen LogP contribution in [0.4, 0.5) is 0 Å². The van der Waals surface area contributed by atoms with E-state index in [2.05, 4.69) is 64.4 Å². The number of rotatable bonds is 3. The van der Waals surface area contributed by atoms with Gasteiger partial charge >= 0.3 is 0 Å². The number of aliphatic hydroxyl groups excluding tert-OH is 1. The van der Waals surface area contributed by atoms with Crippen molar-refractivity contribution in [2.45, 2.75) is 18.6 Å². The minimum atomic E-state index is 0.181. The van der Waals surface area contributed by atoms with E-state index in [0.717, 1.165) is 26.2 Å². The molecule has 2 atom stereocenters. The second kappa shape index (κ2) is 5.84. The third-order valence-corrected chi connectivity index (χ3v) is 5.04. The van der Waals surface area contributed by atoms with Gasteiger partial charge in [-0.1, -0.05) is 54.6 Å². The summed E-state index contributed by atoms with van der Waals surface area (Å²) in [5.74, 6) is 0. The van der Waals surface area contributed by atoms with E-state index in [1.807, 2.05) is 0 Å². The summed E-state index contributed by atoms with van der Waals surface area (Å²) in [6, 6.07) is 19.9. The molecule has 2 unspecified atom stereocenters. The third kappa shape index (κ3) is 2.35. The van der Waals surface area contributed by atoms with E-state index in [1.165, 1.54) is 16.7 Å². The van der Waals surface area contributed by atoms with E-state index >= 15 is 0 Å². The molecule has 2 aliphatic rings. The maximum absolute atomic E-state index is 9.80. The summed E-state index contributed by atoms with van der Waals surface area (Å²) in [6.45, 7) is 4.36. The van der Waals surface area contributed by atoms with E-state index in [9.17, 15) is 5.11 Å². The Bertz CT molecular complexity index is 643. The van der Waals surface area contributed by atoms with Crippen LogP contribution in [0.1, 0.15) is 28.8 Å². The van der Waals surface area contributed by atoms with Gasteiger partial charge in [-0.15, -0.1) is 0 Å². The van der Waals surface area contributed by atoms with Crippen LogP contribution in [0.3, 0.4) is 0 Å². The number of fused-ring (bicyclic) bond motifs is 3. The van der Waals surface area contributed by atoms with Gasteiger partial charge in [0.05, 0.1) is 12.6 Å². The van der Waals surface area contributed by atoms with Gasteiger partial charge in [0.15, 0.2) is 0 Å². The van der Waals surface area contributed by atoms with Gasteiger partial charge in [-0.25, -0.2) is 0 Å². The molecule has 0 amide bonds. The minimum absolute atomic E-state index is 0.181. The van der Waals surface area contributed by atoms with Gasteiger partial charge in [0.2, 0.25) is 0 Å². The van der Waals surface area contributed by atoms with Crippen LogP contribution >= 0.6 is 0 Å². The van der Waals surface area contributed by atoms with Crippen LogP contribution in [0.5, 0.6) is 0 Å². The van der Waals surface area contributed by atoms with Crippen LogP contribution in [0, 0.1) is 0 Å². The molecule has 0 saturated carbocycles. The fraction of sp³-hybridized carbons (Fsp3) is 0.368. The molecule has 1 fully saturated rings. The Hall–Kier alpha value is -1.68. The zero-order valence-corrected chi connectivity index (χ0v) is 12.7. The molecule has 0 aliphatic carbocycles. The highest BCUT2D eigenvalue weighted by atomic mass is 16.3. The Labute approximate surface area is 131 Å². The molecular weight excluding hydrogens is 272 g/mol. The molecule has 3 heteroatoms. The molecule has 0 radical (unpaired) electrons. The van der Waals surface area contributed by atoms with Crippen LogP contribution in [-0.4, -0.2) is 41.1 Å². The predicted molar refractivity (Wildman–Crippen MR) is 87.4 cm³/mol. The Morgan fingerprint density at radius 2 is 1.64 bits per heavy atom. The lowest BCUT2D eigenvalue weighted by Crippen LogP contribution is -2.46. The van der Waals surface area contributed by atoms with Crippen molar-refractivity contribution in [3.63, 3.8) is 0 Å². The first-order valence-corrected chi connectivity index (χ1v) is 8.08. The van der Waals surface area contributed by atoms with Gasteiger partial charge in [0, 0.05) is 32.2 Å². The van der Waals surface area contributed by atoms with E-state index < -0.39 is 0 Å². The first kappa shape index (κ1) is 13.9. The van der Waals surface area contributed by atoms with Crippen LogP contribution in [0.15, 0.2) is 54.6 Å². The highest BCUT2D eigenvalue weighted by Gasteiger charge is 2.40. The summed E-state index contributed by atoms with van der Waals surface area (Å²) >= 11 is 0. The summed E-state index contributed by atoms with van der Waals surface area (Å²) in [7, 11) is 0. The number of benzene rings is 2. The maximum Gasteiger partial charge on any atom is 0.0628 e. The molecule has 0 aromatic heterocycles. The Balaban J connectivity index is 1.55. The molecule has 1 N–H and O–H groups in total. The number of hydrogen-bond acceptors (Lipinski definition) is 3. The molecule has 4 rings (SSSR count). The van der Waals surface area contributed by atoms with E-state index in [1.54, 1.807) is 0 Å². The highest BCUT2D eigenvalue weighted by Crippen LogP contribution is 2.43. The Morgan fingerprint density at radius 1 is 0.909 bits per heavy atom. The first-order chi connectivity index (χ1) is 10.9. The molecule has 0 bridgehead atoms. The summed E-state index contributed by atoms with van der Waals surface area (Å²) in [5, 5.41) is 9.80. The van der Waals surface area contributed by atoms with E-state index in [4.69, 9.17) is 0 Å². The van der Waals surface area contributed by atoms with Crippen LogP contribution in [0.25, 0.3) is 0 Å². The molecule has 2 aromatic rings. The van der Waals surface area contributed by atoms with Crippen molar-refractivity contribution in [1.82, 2.24) is 9.80 Å². The normalized spacial score (nSPS) is 25.0. The van der Waals surface area contributed by atoms with Crippen molar-refractivity contribution in [2.24, 2.45) is 0 Å². The number of nitrogens with zero attached hydrogens (tertiary/aromatic N) is 2. The smallest absolute Gasteiger partial charge is 0.0628 e. The zero-order chi connectivity index (χ0) is 14.9. The van der Waals surface area contributed by atoms with Crippen molar-refractivity contribution in [2.75, 3.05) is 26.2 Å². The van der Waals surface area contributed by atoms with Gasteiger partial charge in [-0.05, 0) is 16.7 Å². The lowest BCUT2D eigenvalue weighted by molar-refractivity contribution is 0.0322. The van der Waals surface area contributed by atoms with Crippen LogP contribution < -0.4 is 0 Å². The summed E-state index contributed by atoms with van der Waals surface area (Å²) in [5.41, 5.74) is 4.09. The standard InChI is InChI=1S/C19H22N2O/c22-14-19-17-9-5-4-8-16(17)18-13-20(10-11-21(18)19)12-15-6-2-1-3-7-15/h1-9,18-19,22H,10-14H2. The van der Waals surface area contributed by atoms with Crippen molar-refractivity contribution in [3.05, 3.63) is 71.3 Å². The number of hydrogen-bond donors (Lipinski definition) is 1. The van der Waals surface area contributed by atoms with Crippen molar-refractivity contribution >= 4 is 0 Å². The largest absolute Gasteiger partial charge is 0.394 e. The maximum atomic E-state index is 9.80. The second-order valence-corrected chi connectivity index (χ2v) is 6.30. The Kier molecular flexibility index (Phi) is 3.70. The van der Waals surface area contributed by atoms with Crippen LogP contribution in [-0.2, 0) is 6.54 Å². The van der Waals surface area contributed by atoms with Gasteiger partial charge in [0.1, 0.15) is 0 Å². The van der Waals surface area contributed by atoms with Crippen molar-refractivity contribution in [3.8, 4) is 0 Å². The second-order valence-electron chi connectivity index (χ2n) is 6.30. The molecule has 2 aromatic carbocycles. The lowest BCUT2D eigenvalue weighted by atomic mass is 10.0. The molecule has 114 valence electrons. The monoisotopic (exact) mass is 294 g/mol. The predicted octanol–water partition coefficient (Wildman–Crippen LogP) is 2.59. The third-order valence-electron chi connectivity index (χ3n) is 5.04. The molecule has 3 nitrogen and oxygen atoms in total. The van der Waals surface area contributed by atoms with Gasteiger partial charge in [-0.3, -0.25) is 9.80 Å². The van der Waals surface area contributed by atoms with Crippen molar-refractivity contribution in [1.29, 1.82) is 0 Å². The summed E-state index contributed by atoms with van der Waals surface area (Å²) < 4.78 is 0.